The van der Waals surface area contributed by atoms with Crippen LogP contribution in [-0.4, -0.2) is 24.1 Å². The highest BCUT2D eigenvalue weighted by Crippen LogP contribution is 2.32. The van der Waals surface area contributed by atoms with Gasteiger partial charge in [-0.2, -0.15) is 0 Å². The van der Waals surface area contributed by atoms with Crippen molar-refractivity contribution in [1.29, 1.82) is 0 Å². The van der Waals surface area contributed by atoms with Gasteiger partial charge in [0.25, 0.3) is 0 Å². The van der Waals surface area contributed by atoms with Gasteiger partial charge < -0.3 is 4.90 Å². The Bertz CT molecular complexity index is 448. The molecule has 78 valence electrons. The highest BCUT2D eigenvalue weighted by molar-refractivity contribution is 7.19. The van der Waals surface area contributed by atoms with E-state index in [-0.39, 0.29) is 0 Å². The van der Waals surface area contributed by atoms with Gasteiger partial charge in [-0.1, -0.05) is 11.3 Å². The predicted molar refractivity (Wildman–Crippen MR) is 64.4 cm³/mol. The zero-order valence-corrected chi connectivity index (χ0v) is 9.88. The van der Waals surface area contributed by atoms with Crippen LogP contribution in [0, 0.1) is 6.92 Å². The van der Waals surface area contributed by atoms with Crippen molar-refractivity contribution in [2.45, 2.75) is 6.92 Å². The summed E-state index contributed by atoms with van der Waals surface area (Å²) in [5.74, 6) is 0. The molecule has 15 heavy (non-hydrogen) atoms. The lowest BCUT2D eigenvalue weighted by atomic mass is 10.3. The number of aryl methyl sites for hydroxylation is 1. The van der Waals surface area contributed by atoms with Crippen LogP contribution >= 0.6 is 11.3 Å². The number of rotatable bonds is 2. The molecule has 0 amide bonds. The van der Waals surface area contributed by atoms with Gasteiger partial charge in [-0.15, -0.1) is 0 Å². The third kappa shape index (κ3) is 1.99. The van der Waals surface area contributed by atoms with Gasteiger partial charge in [0.1, 0.15) is 10.0 Å². The van der Waals surface area contributed by atoms with Crippen molar-refractivity contribution in [1.82, 2.24) is 9.97 Å². The molecule has 0 atom stereocenters. The molecule has 0 radical (unpaired) electrons. The third-order valence-corrected chi connectivity index (χ3v) is 3.46. The van der Waals surface area contributed by atoms with E-state index >= 15 is 0 Å². The summed E-state index contributed by atoms with van der Waals surface area (Å²) >= 11 is 1.70. The normalized spacial score (nSPS) is 10.3. The summed E-state index contributed by atoms with van der Waals surface area (Å²) in [5, 5.41) is 2.23. The second kappa shape index (κ2) is 3.98. The van der Waals surface area contributed by atoms with E-state index in [4.69, 9.17) is 0 Å². The monoisotopic (exact) mass is 219 g/mol. The third-order valence-electron chi connectivity index (χ3n) is 2.09. The Kier molecular flexibility index (Phi) is 2.68. The number of hydrogen-bond donors (Lipinski definition) is 0. The summed E-state index contributed by atoms with van der Waals surface area (Å²) in [7, 11) is 4.07. The maximum atomic E-state index is 4.54. The van der Waals surface area contributed by atoms with Crippen LogP contribution in [0.5, 0.6) is 0 Å². The van der Waals surface area contributed by atoms with Gasteiger partial charge in [0.15, 0.2) is 0 Å². The SMILES string of the molecule is Cc1nc(-c2cccnc2)sc1N(C)C. The van der Waals surface area contributed by atoms with Crippen molar-refractivity contribution < 1.29 is 0 Å². The number of aromatic nitrogens is 2. The lowest BCUT2D eigenvalue weighted by Gasteiger charge is -2.08. The maximum Gasteiger partial charge on any atom is 0.127 e. The first-order valence-electron chi connectivity index (χ1n) is 4.73. The number of nitrogens with zero attached hydrogens (tertiary/aromatic N) is 3. The van der Waals surface area contributed by atoms with Gasteiger partial charge in [0, 0.05) is 32.1 Å². The first kappa shape index (κ1) is 10.1. The number of anilines is 1. The molecule has 0 spiro atoms. The predicted octanol–water partition coefficient (Wildman–Crippen LogP) is 2.58. The smallest absolute Gasteiger partial charge is 0.127 e. The van der Waals surface area contributed by atoms with Crippen molar-refractivity contribution in [2.75, 3.05) is 19.0 Å². The minimum atomic E-state index is 1.03. The van der Waals surface area contributed by atoms with Gasteiger partial charge in [0.05, 0.1) is 5.69 Å². The summed E-state index contributed by atoms with van der Waals surface area (Å²) in [6.07, 6.45) is 3.62. The molecular weight excluding hydrogens is 206 g/mol. The Labute approximate surface area is 93.4 Å². The Balaban J connectivity index is 2.43. The maximum absolute atomic E-state index is 4.54. The molecule has 0 unspecified atom stereocenters. The van der Waals surface area contributed by atoms with Crippen LogP contribution in [-0.2, 0) is 0 Å². The Morgan fingerprint density at radius 3 is 2.67 bits per heavy atom. The van der Waals surface area contributed by atoms with E-state index in [1.54, 1.807) is 17.5 Å². The van der Waals surface area contributed by atoms with Crippen molar-refractivity contribution in [3.05, 3.63) is 30.2 Å². The molecule has 0 aromatic carbocycles. The van der Waals surface area contributed by atoms with Gasteiger partial charge >= 0.3 is 0 Å². The van der Waals surface area contributed by atoms with Crippen molar-refractivity contribution in [3.8, 4) is 10.6 Å². The highest BCUT2D eigenvalue weighted by Gasteiger charge is 2.10. The standard InChI is InChI=1S/C11H13N3S/c1-8-11(14(2)3)15-10(13-8)9-5-4-6-12-7-9/h4-7H,1-3H3. The zero-order valence-electron chi connectivity index (χ0n) is 9.06. The highest BCUT2D eigenvalue weighted by atomic mass is 32.1. The second-order valence-electron chi connectivity index (χ2n) is 3.55. The molecule has 2 rings (SSSR count). The van der Waals surface area contributed by atoms with Crippen LogP contribution in [0.1, 0.15) is 5.69 Å². The first-order valence-corrected chi connectivity index (χ1v) is 5.55. The van der Waals surface area contributed by atoms with Crippen LogP contribution < -0.4 is 4.90 Å². The van der Waals surface area contributed by atoms with Gasteiger partial charge in [-0.3, -0.25) is 4.98 Å². The van der Waals surface area contributed by atoms with E-state index in [0.29, 0.717) is 0 Å². The molecule has 3 nitrogen and oxygen atoms in total. The molecule has 2 heterocycles. The average Bonchev–Trinajstić information content (AvgIpc) is 2.62. The average molecular weight is 219 g/mol. The van der Waals surface area contributed by atoms with Gasteiger partial charge in [-0.05, 0) is 19.1 Å². The van der Waals surface area contributed by atoms with Crippen molar-refractivity contribution >= 4 is 16.3 Å². The molecule has 2 aromatic rings. The summed E-state index contributed by atoms with van der Waals surface area (Å²) in [6.45, 7) is 2.03. The van der Waals surface area contributed by atoms with Gasteiger partial charge in [0.2, 0.25) is 0 Å². The van der Waals surface area contributed by atoms with Gasteiger partial charge in [-0.25, -0.2) is 4.98 Å². The molecule has 0 N–H and O–H groups in total. The van der Waals surface area contributed by atoms with E-state index in [0.717, 1.165) is 16.3 Å². The zero-order chi connectivity index (χ0) is 10.8. The molecule has 0 aliphatic heterocycles. The van der Waals surface area contributed by atoms with Crippen LogP contribution in [0.15, 0.2) is 24.5 Å². The Hall–Kier alpha value is -1.42. The summed E-state index contributed by atoms with van der Waals surface area (Å²) in [5.41, 5.74) is 2.16. The topological polar surface area (TPSA) is 29.0 Å². The minimum absolute atomic E-state index is 1.03. The molecule has 0 saturated carbocycles. The molecule has 0 fully saturated rings. The molecule has 0 aliphatic rings. The van der Waals surface area contributed by atoms with Crippen molar-refractivity contribution in [3.63, 3.8) is 0 Å². The van der Waals surface area contributed by atoms with Crippen LogP contribution in [0.2, 0.25) is 0 Å². The Morgan fingerprint density at radius 2 is 2.13 bits per heavy atom. The first-order chi connectivity index (χ1) is 7.18. The van der Waals surface area contributed by atoms with Crippen molar-refractivity contribution in [2.24, 2.45) is 0 Å². The summed E-state index contributed by atoms with van der Waals surface area (Å²) in [6, 6.07) is 3.96. The molecule has 2 aromatic heterocycles. The van der Waals surface area contributed by atoms with E-state index < -0.39 is 0 Å². The molecule has 0 saturated heterocycles. The fraction of sp³-hybridized carbons (Fsp3) is 0.273. The second-order valence-corrected chi connectivity index (χ2v) is 4.52. The van der Waals surface area contributed by atoms with E-state index in [1.165, 1.54) is 5.00 Å². The van der Waals surface area contributed by atoms with E-state index in [1.807, 2.05) is 39.3 Å². The fourth-order valence-electron chi connectivity index (χ4n) is 1.42. The molecule has 4 heteroatoms. The fourth-order valence-corrected chi connectivity index (χ4v) is 2.40. The quantitative estimate of drug-likeness (QED) is 0.777. The Morgan fingerprint density at radius 1 is 1.33 bits per heavy atom. The summed E-state index contributed by atoms with van der Waals surface area (Å²) < 4.78 is 0. The van der Waals surface area contributed by atoms with E-state index in [2.05, 4.69) is 14.9 Å². The largest absolute Gasteiger partial charge is 0.368 e. The minimum Gasteiger partial charge on any atom is -0.368 e. The summed E-state index contributed by atoms with van der Waals surface area (Å²) in [4.78, 5) is 10.7. The number of thiazole rings is 1. The van der Waals surface area contributed by atoms with Crippen LogP contribution in [0.3, 0.4) is 0 Å². The molecular formula is C11H13N3S. The van der Waals surface area contributed by atoms with E-state index in [9.17, 15) is 0 Å². The molecule has 0 aliphatic carbocycles. The lowest BCUT2D eigenvalue weighted by molar-refractivity contribution is 1.12. The number of hydrogen-bond acceptors (Lipinski definition) is 4. The van der Waals surface area contributed by atoms with Crippen LogP contribution in [0.4, 0.5) is 5.00 Å². The van der Waals surface area contributed by atoms with Crippen LogP contribution in [0.25, 0.3) is 10.6 Å². The lowest BCUT2D eigenvalue weighted by Crippen LogP contribution is -2.07. The number of pyridine rings is 1. The molecule has 0 bridgehead atoms.